The molecule has 0 unspecified atom stereocenters. The van der Waals surface area contributed by atoms with Gasteiger partial charge >= 0.3 is 5.63 Å². The molecule has 4 nitrogen and oxygen atoms in total. The van der Waals surface area contributed by atoms with Gasteiger partial charge in [0.15, 0.2) is 5.78 Å². The Morgan fingerprint density at radius 2 is 1.82 bits per heavy atom. The fraction of sp³-hybridized carbons (Fsp3) is 0.111. The number of aryl methyl sites for hydroxylation is 2. The number of rotatable bonds is 4. The molecule has 0 amide bonds. The van der Waals surface area contributed by atoms with Crippen LogP contribution in [0.4, 0.5) is 0 Å². The number of ketones is 1. The Balaban J connectivity index is 2.12. The Labute approximate surface area is 128 Å². The molecule has 0 fully saturated rings. The predicted octanol–water partition coefficient (Wildman–Crippen LogP) is 3.41. The first-order chi connectivity index (χ1) is 10.5. The summed E-state index contributed by atoms with van der Waals surface area (Å²) < 4.78 is 4.81. The topological polar surface area (TPSA) is 67.5 Å². The molecule has 22 heavy (non-hydrogen) atoms. The molecule has 1 aromatic heterocycles. The molecule has 0 saturated carbocycles. The van der Waals surface area contributed by atoms with Crippen LogP contribution in [0.1, 0.15) is 27.2 Å². The van der Waals surface area contributed by atoms with Crippen molar-refractivity contribution >= 4 is 11.9 Å². The van der Waals surface area contributed by atoms with E-state index in [9.17, 15) is 14.7 Å². The lowest BCUT2D eigenvalue weighted by Crippen LogP contribution is -2.12. The molecular formula is C18H16O4. The number of aromatic hydroxyl groups is 1. The smallest absolute Gasteiger partial charge is 0.351 e. The molecule has 0 saturated heterocycles. The van der Waals surface area contributed by atoms with Crippen LogP contribution in [0.2, 0.25) is 0 Å². The first kappa shape index (κ1) is 15.5. The lowest BCUT2D eigenvalue weighted by Gasteiger charge is -1.99. The SMILES string of the molecule is Cc1ccc(/C=C/C=C/C(=O)c2c(O)cc(C)oc2=O)cc1. The van der Waals surface area contributed by atoms with Gasteiger partial charge in [-0.25, -0.2) is 4.79 Å². The van der Waals surface area contributed by atoms with E-state index in [2.05, 4.69) is 0 Å². The quantitative estimate of drug-likeness (QED) is 0.533. The Kier molecular flexibility index (Phi) is 4.73. The predicted molar refractivity (Wildman–Crippen MR) is 85.1 cm³/mol. The van der Waals surface area contributed by atoms with Gasteiger partial charge in [0.1, 0.15) is 17.1 Å². The van der Waals surface area contributed by atoms with Crippen molar-refractivity contribution in [2.45, 2.75) is 13.8 Å². The molecule has 0 spiro atoms. The molecule has 2 rings (SSSR count). The van der Waals surface area contributed by atoms with E-state index >= 15 is 0 Å². The molecule has 0 atom stereocenters. The van der Waals surface area contributed by atoms with Crippen molar-refractivity contribution in [3.8, 4) is 5.75 Å². The van der Waals surface area contributed by atoms with Crippen molar-refractivity contribution in [2.24, 2.45) is 0 Å². The lowest BCUT2D eigenvalue weighted by atomic mass is 10.1. The molecular weight excluding hydrogens is 280 g/mol. The van der Waals surface area contributed by atoms with Gasteiger partial charge in [-0.15, -0.1) is 0 Å². The second kappa shape index (κ2) is 6.72. The molecule has 2 aromatic rings. The van der Waals surface area contributed by atoms with Crippen molar-refractivity contribution in [2.75, 3.05) is 0 Å². The van der Waals surface area contributed by atoms with Gasteiger partial charge in [-0.2, -0.15) is 0 Å². The van der Waals surface area contributed by atoms with Gasteiger partial charge in [0.05, 0.1) is 0 Å². The van der Waals surface area contributed by atoms with Gasteiger partial charge in [0, 0.05) is 6.07 Å². The van der Waals surface area contributed by atoms with Crippen LogP contribution in [0.5, 0.6) is 5.75 Å². The fourth-order valence-corrected chi connectivity index (χ4v) is 1.89. The van der Waals surface area contributed by atoms with Crippen LogP contribution in [-0.4, -0.2) is 10.9 Å². The summed E-state index contributed by atoms with van der Waals surface area (Å²) in [6, 6.07) is 9.14. The number of carbonyl (C=O) groups excluding carboxylic acids is 1. The maximum Gasteiger partial charge on any atom is 0.351 e. The molecule has 0 aliphatic carbocycles. The number of carbonyl (C=O) groups is 1. The molecule has 4 heteroatoms. The normalized spacial score (nSPS) is 11.4. The first-order valence-corrected chi connectivity index (χ1v) is 6.77. The first-order valence-electron chi connectivity index (χ1n) is 6.77. The van der Waals surface area contributed by atoms with Crippen molar-refractivity contribution < 1.29 is 14.3 Å². The maximum atomic E-state index is 11.9. The second-order valence-corrected chi connectivity index (χ2v) is 4.90. The second-order valence-electron chi connectivity index (χ2n) is 4.90. The average Bonchev–Trinajstić information content (AvgIpc) is 2.44. The molecule has 0 aliphatic heterocycles. The number of hydrogen-bond donors (Lipinski definition) is 1. The van der Waals surface area contributed by atoms with Crippen LogP contribution in [0.25, 0.3) is 6.08 Å². The largest absolute Gasteiger partial charge is 0.507 e. The monoisotopic (exact) mass is 296 g/mol. The highest BCUT2D eigenvalue weighted by atomic mass is 16.4. The van der Waals surface area contributed by atoms with Crippen molar-refractivity contribution in [3.05, 3.63) is 81.4 Å². The standard InChI is InChI=1S/C18H16O4/c1-12-7-9-14(10-8-12)5-3-4-6-15(19)17-16(20)11-13(2)22-18(17)21/h3-11,20H,1-2H3/b5-3+,6-4+. The van der Waals surface area contributed by atoms with Gasteiger partial charge < -0.3 is 9.52 Å². The van der Waals surface area contributed by atoms with Crippen molar-refractivity contribution in [3.63, 3.8) is 0 Å². The summed E-state index contributed by atoms with van der Waals surface area (Å²) in [4.78, 5) is 23.5. The Bertz CT molecular complexity index is 793. The molecule has 0 bridgehead atoms. The minimum atomic E-state index is -0.838. The minimum absolute atomic E-state index is 0.252. The van der Waals surface area contributed by atoms with E-state index in [4.69, 9.17) is 4.42 Å². The van der Waals surface area contributed by atoms with Crippen LogP contribution < -0.4 is 5.63 Å². The fourth-order valence-electron chi connectivity index (χ4n) is 1.89. The molecule has 0 aliphatic rings. The summed E-state index contributed by atoms with van der Waals surface area (Å²) in [5.74, 6) is -0.715. The molecule has 0 radical (unpaired) electrons. The van der Waals surface area contributed by atoms with Gasteiger partial charge in [-0.1, -0.05) is 48.1 Å². The number of allylic oxidation sites excluding steroid dienone is 3. The van der Waals surface area contributed by atoms with E-state index in [0.29, 0.717) is 0 Å². The Hall–Kier alpha value is -2.88. The van der Waals surface area contributed by atoms with Crippen LogP contribution in [0, 0.1) is 13.8 Å². The minimum Gasteiger partial charge on any atom is -0.507 e. The zero-order valence-electron chi connectivity index (χ0n) is 12.4. The highest BCUT2D eigenvalue weighted by Gasteiger charge is 2.15. The Morgan fingerprint density at radius 3 is 2.45 bits per heavy atom. The molecule has 1 aromatic carbocycles. The summed E-state index contributed by atoms with van der Waals surface area (Å²) in [6.07, 6.45) is 6.25. The van der Waals surface area contributed by atoms with Crippen molar-refractivity contribution in [1.29, 1.82) is 0 Å². The van der Waals surface area contributed by atoms with Crippen molar-refractivity contribution in [1.82, 2.24) is 0 Å². The highest BCUT2D eigenvalue weighted by molar-refractivity contribution is 6.06. The third kappa shape index (κ3) is 3.82. The zero-order chi connectivity index (χ0) is 16.1. The third-order valence-electron chi connectivity index (χ3n) is 3.03. The molecule has 1 heterocycles. The average molecular weight is 296 g/mol. The van der Waals surface area contributed by atoms with Crippen LogP contribution >= 0.6 is 0 Å². The summed E-state index contributed by atoms with van der Waals surface area (Å²) >= 11 is 0. The van der Waals surface area contributed by atoms with E-state index < -0.39 is 11.4 Å². The van der Waals surface area contributed by atoms with Crippen LogP contribution in [-0.2, 0) is 0 Å². The number of hydrogen-bond acceptors (Lipinski definition) is 4. The van der Waals surface area contributed by atoms with E-state index in [1.165, 1.54) is 30.7 Å². The van der Waals surface area contributed by atoms with E-state index in [-0.39, 0.29) is 17.1 Å². The zero-order valence-corrected chi connectivity index (χ0v) is 12.4. The van der Waals surface area contributed by atoms with Gasteiger partial charge in [-0.05, 0) is 25.5 Å². The summed E-state index contributed by atoms with van der Waals surface area (Å²) in [7, 11) is 0. The third-order valence-corrected chi connectivity index (χ3v) is 3.03. The van der Waals surface area contributed by atoms with E-state index in [1.807, 2.05) is 37.3 Å². The summed E-state index contributed by atoms with van der Waals surface area (Å²) in [6.45, 7) is 3.53. The molecule has 1 N–H and O–H groups in total. The number of benzene rings is 1. The van der Waals surface area contributed by atoms with Gasteiger partial charge in [0.25, 0.3) is 0 Å². The van der Waals surface area contributed by atoms with Gasteiger partial charge in [-0.3, -0.25) is 4.79 Å². The maximum absolute atomic E-state index is 11.9. The van der Waals surface area contributed by atoms with Gasteiger partial charge in [0.2, 0.25) is 0 Å². The highest BCUT2D eigenvalue weighted by Crippen LogP contribution is 2.15. The Morgan fingerprint density at radius 1 is 1.14 bits per heavy atom. The molecule has 112 valence electrons. The summed E-state index contributed by atoms with van der Waals surface area (Å²) in [5.41, 5.74) is 0.977. The summed E-state index contributed by atoms with van der Waals surface area (Å²) in [5, 5.41) is 9.67. The van der Waals surface area contributed by atoms with Crippen LogP contribution in [0.3, 0.4) is 0 Å². The van der Waals surface area contributed by atoms with E-state index in [0.717, 1.165) is 5.56 Å². The van der Waals surface area contributed by atoms with E-state index in [1.54, 1.807) is 6.08 Å². The lowest BCUT2D eigenvalue weighted by molar-refractivity contribution is 0.104. The van der Waals surface area contributed by atoms with Crippen LogP contribution in [0.15, 0.2) is 57.8 Å².